The first-order valence-corrected chi connectivity index (χ1v) is 14.9. The molecule has 0 spiro atoms. The Bertz CT molecular complexity index is 1240. The van der Waals surface area contributed by atoms with Crippen LogP contribution in [0.3, 0.4) is 0 Å². The Labute approximate surface area is 244 Å². The SMILES string of the molecule is CN(CCC1CC1)C(=O)[C@@H](S[C@@H]1O[C@H](CO)[C@H](O)[C@H](n2cc(-c3cc(F)c(F)c(F)c3)nn2)[C@H]1O)C1(O)CCOCC1. The van der Waals surface area contributed by atoms with Crippen LogP contribution in [0.25, 0.3) is 11.3 Å². The highest BCUT2D eigenvalue weighted by molar-refractivity contribution is 8.01. The Morgan fingerprint density at radius 3 is 2.48 bits per heavy atom. The van der Waals surface area contributed by atoms with Gasteiger partial charge in [0.15, 0.2) is 17.5 Å². The Morgan fingerprint density at radius 1 is 1.19 bits per heavy atom. The monoisotopic (exact) mass is 616 g/mol. The van der Waals surface area contributed by atoms with Gasteiger partial charge in [-0.2, -0.15) is 0 Å². The topological polar surface area (TPSA) is 150 Å². The highest BCUT2D eigenvalue weighted by atomic mass is 32.2. The van der Waals surface area contributed by atoms with Crippen molar-refractivity contribution in [2.75, 3.05) is 33.4 Å². The molecule has 4 N–H and O–H groups in total. The summed E-state index contributed by atoms with van der Waals surface area (Å²) in [6.45, 7) is 0.352. The molecule has 11 nitrogen and oxygen atoms in total. The van der Waals surface area contributed by atoms with E-state index < -0.39 is 64.7 Å². The van der Waals surface area contributed by atoms with Gasteiger partial charge in [-0.1, -0.05) is 18.1 Å². The van der Waals surface area contributed by atoms with E-state index in [1.807, 2.05) is 0 Å². The number of rotatable bonds is 10. The zero-order chi connectivity index (χ0) is 30.2. The number of hydrogen-bond donors (Lipinski definition) is 4. The van der Waals surface area contributed by atoms with Crippen LogP contribution in [0.2, 0.25) is 0 Å². The smallest absolute Gasteiger partial charge is 0.238 e. The van der Waals surface area contributed by atoms with E-state index in [0.29, 0.717) is 12.5 Å². The van der Waals surface area contributed by atoms with Crippen molar-refractivity contribution >= 4 is 17.7 Å². The van der Waals surface area contributed by atoms with Crippen LogP contribution in [0.15, 0.2) is 18.3 Å². The van der Waals surface area contributed by atoms with Crippen LogP contribution >= 0.6 is 11.8 Å². The van der Waals surface area contributed by atoms with Crippen molar-refractivity contribution in [3.8, 4) is 11.3 Å². The fraction of sp³-hybridized carbons (Fsp3) is 0.667. The predicted octanol–water partition coefficient (Wildman–Crippen LogP) is 1.24. The van der Waals surface area contributed by atoms with Crippen LogP contribution in [0, 0.1) is 23.4 Å². The lowest BCUT2D eigenvalue weighted by atomic mass is 9.89. The summed E-state index contributed by atoms with van der Waals surface area (Å²) in [5.74, 6) is -4.24. The molecule has 5 rings (SSSR count). The van der Waals surface area contributed by atoms with Gasteiger partial charge in [-0.3, -0.25) is 4.79 Å². The summed E-state index contributed by atoms with van der Waals surface area (Å²) in [5.41, 5.74) is -2.86. The number of nitrogens with zero attached hydrogens (tertiary/aromatic N) is 4. The van der Waals surface area contributed by atoms with Crippen molar-refractivity contribution in [1.82, 2.24) is 19.9 Å². The van der Waals surface area contributed by atoms with E-state index in [2.05, 4.69) is 10.3 Å². The van der Waals surface area contributed by atoms with E-state index in [0.717, 1.165) is 47.8 Å². The highest BCUT2D eigenvalue weighted by Crippen LogP contribution is 2.42. The summed E-state index contributed by atoms with van der Waals surface area (Å²) in [5, 5.41) is 50.7. The van der Waals surface area contributed by atoms with E-state index in [4.69, 9.17) is 9.47 Å². The molecule has 2 aromatic rings. The lowest BCUT2D eigenvalue weighted by Gasteiger charge is -2.45. The van der Waals surface area contributed by atoms with Gasteiger partial charge < -0.3 is 34.8 Å². The number of aliphatic hydroxyl groups excluding tert-OH is 3. The maximum absolute atomic E-state index is 13.8. The quantitative estimate of drug-likeness (QED) is 0.287. The number of aliphatic hydroxyl groups is 4. The molecular formula is C27H35F3N4O7S. The van der Waals surface area contributed by atoms with Crippen molar-refractivity contribution < 1.29 is 47.9 Å². The minimum atomic E-state index is -1.64. The largest absolute Gasteiger partial charge is 0.394 e. The lowest BCUT2D eigenvalue weighted by molar-refractivity contribution is -0.179. The van der Waals surface area contributed by atoms with Crippen molar-refractivity contribution in [3.63, 3.8) is 0 Å². The summed E-state index contributed by atoms with van der Waals surface area (Å²) in [6.07, 6.45) is 0.447. The van der Waals surface area contributed by atoms with Crippen molar-refractivity contribution in [2.24, 2.45) is 5.92 Å². The van der Waals surface area contributed by atoms with Gasteiger partial charge in [0, 0.05) is 45.2 Å². The number of thioether (sulfide) groups is 1. The third-order valence-corrected chi connectivity index (χ3v) is 9.80. The van der Waals surface area contributed by atoms with Gasteiger partial charge in [0.1, 0.15) is 40.7 Å². The van der Waals surface area contributed by atoms with Gasteiger partial charge in [0.2, 0.25) is 5.91 Å². The number of carbonyl (C=O) groups excluding carboxylic acids is 1. The Balaban J connectivity index is 1.41. The number of benzene rings is 1. The van der Waals surface area contributed by atoms with E-state index in [-0.39, 0.29) is 43.2 Å². The third-order valence-electron chi connectivity index (χ3n) is 8.23. The van der Waals surface area contributed by atoms with E-state index >= 15 is 0 Å². The molecule has 42 heavy (non-hydrogen) atoms. The standard InChI is InChI=1S/C27H35F3N4O7S/c1-33(7-4-14-2-3-14)25(38)24(27(39)5-8-40-9-6-27)42-26-23(37)21(22(36)19(13-35)41-26)34-12-18(31-32-34)15-10-16(28)20(30)17(29)11-15/h10-12,14,19,21-24,26,35-37,39H,2-9,13H2,1H3/t19-,21+,22+,23-,24-,26+/m1/s1. The number of carbonyl (C=O) groups is 1. The summed E-state index contributed by atoms with van der Waals surface area (Å²) in [7, 11) is 1.67. The Kier molecular flexibility index (Phi) is 9.47. The molecule has 1 aliphatic carbocycles. The molecule has 1 saturated carbocycles. The van der Waals surface area contributed by atoms with Crippen molar-refractivity contribution in [1.29, 1.82) is 0 Å². The first-order valence-electron chi connectivity index (χ1n) is 13.9. The fourth-order valence-electron chi connectivity index (χ4n) is 5.38. The first-order chi connectivity index (χ1) is 20.0. The molecule has 2 saturated heterocycles. The fourth-order valence-corrected chi connectivity index (χ4v) is 6.96. The number of ether oxygens (including phenoxy) is 2. The maximum Gasteiger partial charge on any atom is 0.238 e. The van der Waals surface area contributed by atoms with Crippen LogP contribution in [-0.2, 0) is 14.3 Å². The van der Waals surface area contributed by atoms with Crippen LogP contribution in [-0.4, -0.2) is 114 Å². The van der Waals surface area contributed by atoms with Gasteiger partial charge >= 0.3 is 0 Å². The molecule has 2 aliphatic heterocycles. The summed E-state index contributed by atoms with van der Waals surface area (Å²) in [4.78, 5) is 15.3. The van der Waals surface area contributed by atoms with Gasteiger partial charge in [-0.05, 0) is 24.5 Å². The molecule has 3 heterocycles. The van der Waals surface area contributed by atoms with E-state index in [1.54, 1.807) is 11.9 Å². The summed E-state index contributed by atoms with van der Waals surface area (Å²) >= 11 is 0.900. The van der Waals surface area contributed by atoms with Gasteiger partial charge in [0.25, 0.3) is 0 Å². The average Bonchev–Trinajstić information content (AvgIpc) is 3.68. The molecule has 1 aromatic heterocycles. The molecule has 1 aromatic carbocycles. The zero-order valence-electron chi connectivity index (χ0n) is 23.0. The van der Waals surface area contributed by atoms with Crippen LogP contribution in [0.4, 0.5) is 13.2 Å². The minimum Gasteiger partial charge on any atom is -0.394 e. The van der Waals surface area contributed by atoms with E-state index in [9.17, 15) is 38.4 Å². The summed E-state index contributed by atoms with van der Waals surface area (Å²) in [6, 6.07) is 0.213. The van der Waals surface area contributed by atoms with E-state index in [1.165, 1.54) is 6.20 Å². The Hall–Kier alpha value is -2.27. The Morgan fingerprint density at radius 2 is 1.86 bits per heavy atom. The molecule has 6 atom stereocenters. The van der Waals surface area contributed by atoms with Crippen LogP contribution < -0.4 is 0 Å². The lowest BCUT2D eigenvalue weighted by Crippen LogP contribution is -2.58. The number of hydrogen-bond acceptors (Lipinski definition) is 10. The number of aromatic nitrogens is 3. The van der Waals surface area contributed by atoms with Crippen molar-refractivity contribution in [3.05, 3.63) is 35.8 Å². The number of halogens is 3. The summed E-state index contributed by atoms with van der Waals surface area (Å²) < 4.78 is 53.4. The molecule has 3 aliphatic rings. The predicted molar refractivity (Wildman–Crippen MR) is 143 cm³/mol. The second-order valence-electron chi connectivity index (χ2n) is 11.3. The molecule has 1 amide bonds. The van der Waals surface area contributed by atoms with Crippen molar-refractivity contribution in [2.45, 2.75) is 72.7 Å². The second kappa shape index (κ2) is 12.8. The zero-order valence-corrected chi connectivity index (χ0v) is 23.8. The van der Waals surface area contributed by atoms with Crippen LogP contribution in [0.5, 0.6) is 0 Å². The van der Waals surface area contributed by atoms with Gasteiger partial charge in [-0.25, -0.2) is 17.9 Å². The van der Waals surface area contributed by atoms with Gasteiger partial charge in [-0.15, -0.1) is 16.9 Å². The molecule has 0 unspecified atom stereocenters. The minimum absolute atomic E-state index is 0.0645. The normalized spacial score (nSPS) is 28.4. The molecule has 0 bridgehead atoms. The maximum atomic E-state index is 13.8. The molecule has 15 heteroatoms. The first kappa shape index (κ1) is 31.2. The molecular weight excluding hydrogens is 581 g/mol. The molecule has 232 valence electrons. The third kappa shape index (κ3) is 6.47. The molecule has 0 radical (unpaired) electrons. The molecule has 3 fully saturated rings. The van der Waals surface area contributed by atoms with Gasteiger partial charge in [0.05, 0.1) is 18.4 Å². The number of amides is 1. The highest BCUT2D eigenvalue weighted by Gasteiger charge is 2.51. The van der Waals surface area contributed by atoms with Crippen LogP contribution in [0.1, 0.15) is 38.1 Å². The second-order valence-corrected chi connectivity index (χ2v) is 12.5. The average molecular weight is 617 g/mol.